The van der Waals surface area contributed by atoms with Crippen LogP contribution in [0.4, 0.5) is 0 Å². The molecule has 41 atom stereocenters. The third-order valence-electron chi connectivity index (χ3n) is 38.5. The highest BCUT2D eigenvalue weighted by Gasteiger charge is 2.85. The summed E-state index contributed by atoms with van der Waals surface area (Å²) in [4.78, 5) is 184. The molecule has 22 aliphatic rings. The van der Waals surface area contributed by atoms with Crippen LogP contribution in [0.3, 0.4) is 0 Å². The van der Waals surface area contributed by atoms with E-state index in [4.69, 9.17) is 57.2 Å². The van der Waals surface area contributed by atoms with E-state index in [2.05, 4.69) is 79.3 Å². The Balaban J connectivity index is 0.000000122. The molecule has 0 aromatic carbocycles. The zero-order valence-corrected chi connectivity index (χ0v) is 84.2. The predicted octanol–water partition coefficient (Wildman–Crippen LogP) is 12.3. The number of allylic oxidation sites excluding steroid dienone is 7. The van der Waals surface area contributed by atoms with E-state index in [1.165, 1.54) is 31.9 Å². The summed E-state index contributed by atoms with van der Waals surface area (Å²) in [6, 6.07) is 0. The van der Waals surface area contributed by atoms with E-state index in [9.17, 15) is 87.2 Å². The van der Waals surface area contributed by atoms with Crippen molar-refractivity contribution in [3.8, 4) is 0 Å². The van der Waals surface area contributed by atoms with Crippen LogP contribution in [0.2, 0.25) is 0 Å². The first kappa shape index (κ1) is 104. The summed E-state index contributed by atoms with van der Waals surface area (Å²) in [6.07, 6.45) is 15.4. The number of rotatable bonds is 6. The summed E-state index contributed by atoms with van der Waals surface area (Å²) >= 11 is 0. The van der Waals surface area contributed by atoms with Crippen molar-refractivity contribution in [3.63, 3.8) is 0 Å². The number of hydrogen-bond acceptors (Lipinski definition) is 30. The summed E-state index contributed by atoms with van der Waals surface area (Å²) in [6.45, 7) is 64.1. The smallest absolute Gasteiger partial charge is 0.336 e. The molecule has 7 aliphatic heterocycles. The number of hydrogen-bond donors (Lipinski definition) is 4. The molecule has 0 amide bonds. The third-order valence-corrected chi connectivity index (χ3v) is 38.5. The fourth-order valence-corrected chi connectivity index (χ4v) is 31.4. The number of aliphatic hydroxyl groups is 4. The zero-order valence-electron chi connectivity index (χ0n) is 84.2. The van der Waals surface area contributed by atoms with Crippen molar-refractivity contribution in [1.82, 2.24) is 0 Å². The molecule has 1 spiro atoms. The lowest BCUT2D eigenvalue weighted by Gasteiger charge is -2.46. The van der Waals surface area contributed by atoms with E-state index in [-0.39, 0.29) is 166 Å². The van der Waals surface area contributed by atoms with Gasteiger partial charge in [-0.3, -0.25) is 38.4 Å². The van der Waals surface area contributed by atoms with Crippen LogP contribution in [-0.4, -0.2) is 201 Å². The number of carbonyl (C=O) groups excluding carboxylic acids is 15. The van der Waals surface area contributed by atoms with Gasteiger partial charge < -0.3 is 72.5 Å². The normalized spacial score (nSPS) is 45.4. The van der Waals surface area contributed by atoms with E-state index in [1.54, 1.807) is 25.2 Å². The van der Waals surface area contributed by atoms with Gasteiger partial charge in [0.2, 0.25) is 0 Å². The van der Waals surface area contributed by atoms with Gasteiger partial charge in [0.25, 0.3) is 0 Å². The van der Waals surface area contributed by atoms with Crippen LogP contribution < -0.4 is 0 Å². The van der Waals surface area contributed by atoms with E-state index < -0.39 is 184 Å². The van der Waals surface area contributed by atoms with Crippen molar-refractivity contribution in [1.29, 1.82) is 0 Å². The lowest BCUT2D eigenvalue weighted by atomic mass is 9.54. The first-order valence-corrected chi connectivity index (χ1v) is 50.9. The molecule has 18 fully saturated rings. The maximum absolute atomic E-state index is 14.5. The van der Waals surface area contributed by atoms with E-state index in [1.807, 2.05) is 72.8 Å². The predicted molar refractivity (Wildman–Crippen MR) is 515 cm³/mol. The van der Waals surface area contributed by atoms with Crippen molar-refractivity contribution >= 4 is 88.8 Å². The number of esters is 11. The summed E-state index contributed by atoms with van der Waals surface area (Å²) < 4.78 is 62.2. The molecule has 0 aromatic heterocycles. The average Bonchev–Trinajstić information content (AvgIpc) is 1.46. The number of fused-ring (bicyclic) bond motifs is 20. The lowest BCUT2D eigenvalue weighted by Crippen LogP contribution is -2.53. The molecule has 7 saturated heterocycles. The van der Waals surface area contributed by atoms with Crippen LogP contribution in [0.15, 0.2) is 182 Å². The van der Waals surface area contributed by atoms with E-state index in [0.717, 1.165) is 43.3 Å². The quantitative estimate of drug-likeness (QED) is 0.0830. The number of aliphatic hydroxyl groups excluding tert-OH is 3. The zero-order chi connectivity index (χ0) is 105. The molecular formula is C114H136O30. The first-order valence-electron chi connectivity index (χ1n) is 50.9. The van der Waals surface area contributed by atoms with Gasteiger partial charge >= 0.3 is 65.7 Å². The van der Waals surface area contributed by atoms with Crippen molar-refractivity contribution in [2.45, 2.75) is 264 Å². The Hall–Kier alpha value is -11.2. The van der Waals surface area contributed by atoms with Gasteiger partial charge in [0.15, 0.2) is 17.3 Å². The molecule has 30 nitrogen and oxygen atoms in total. The summed E-state index contributed by atoms with van der Waals surface area (Å²) in [7, 11) is 0. The Bertz CT molecular complexity index is 5840. The van der Waals surface area contributed by atoms with Crippen LogP contribution in [0.25, 0.3) is 0 Å². The molecule has 22 rings (SSSR count). The molecule has 772 valence electrons. The Morgan fingerprint density at radius 2 is 0.972 bits per heavy atom. The molecule has 7 heterocycles. The van der Waals surface area contributed by atoms with E-state index >= 15 is 0 Å². The molecule has 6 unspecified atom stereocenters. The van der Waals surface area contributed by atoms with Gasteiger partial charge in [0, 0.05) is 119 Å². The topological polar surface area (TPSA) is 438 Å². The first-order chi connectivity index (χ1) is 67.6. The van der Waals surface area contributed by atoms with Crippen LogP contribution in [0, 0.1) is 157 Å². The Labute approximate surface area is 838 Å². The standard InChI is InChI=1S/C32H38O8.C19H22O6.C17H20O5.C16H20O5.C15H18O4.C15H18O2/c1-14-11-19(34)21-15(2)12-20(38-17(4)33)23-25(22(14)21)40-28(36)32(23)13-31-10-9-29(32,5)26(31)24-18(7-8-30(31,6)37)16(3)27(35)39-24;1-8-5-14(24-18(22)9(2)7-20)16-11(4)19(23)25-17(16)15-10(3)13(21)6-12(8)15;1-8-7-12(21-10(3)18)14-9(2)16(20)22-15(14)17(4)11(8)5-6-13(17)19;1-7-6-12(20-9(3)17)13-8(2)16(19)21-15(13)14-10(7)4-5-11(14)18;1-7-6-10-12(8(2)14(18)19-10)13(17)15(3)9(7)4-5-11(15)16;1-8-4-7-12-10(3)15(16)17-14(12)13-9(2)5-6-11(8)13/h9-11,15,18,20-26,37H,3,7-8,12-13H2,1-2,4-6H3;12-17,20-21H,1-7H2;5-6,8,11-12,14-15H,2,7H2,1,3-4H3;7,10,12-15H,2,4-6H2,1,3H3;4-5,7,9-10,12-13,17H,2,6H2,1,3H3;11-14H,1-7H2/t15?,18-,20-,21?,22-,23?,24-,25+,26-,29+,30+,31?,32+;12-,13-,14-,15-,16+,17+;8-,11-,12-,14+,15+,17-;7-,10-,12-,13+,14-,15-;7-,9+,10-,12-,13+,15+;11?,12-,13?,14-/m000010/s1. The van der Waals surface area contributed by atoms with Gasteiger partial charge in [-0.25, -0.2) is 33.6 Å². The third kappa shape index (κ3) is 16.2. The van der Waals surface area contributed by atoms with Gasteiger partial charge in [-0.05, 0) is 188 Å². The van der Waals surface area contributed by atoms with Gasteiger partial charge in [-0.2, -0.15) is 0 Å². The highest BCUT2D eigenvalue weighted by atomic mass is 16.6. The molecule has 30 heteroatoms. The molecule has 11 saturated carbocycles. The second-order valence-electron chi connectivity index (χ2n) is 46.1. The van der Waals surface area contributed by atoms with Crippen LogP contribution in [0.5, 0.6) is 0 Å². The second-order valence-corrected chi connectivity index (χ2v) is 46.1. The minimum atomic E-state index is -1.19. The van der Waals surface area contributed by atoms with Crippen LogP contribution in [0.1, 0.15) is 179 Å². The Kier molecular flexibility index (Phi) is 27.2. The SMILES string of the molecule is C=C(CO)C(=O)O[C@H]1CC(=C)[C@@H]2C[C@H](O)C(=C)[C@@H]2[C@H]2OC(=O)C(=C)[C@@H]21.C=C1C(=O)O[C@@H]2C[C@@H](C)[C@@H]3C=CC(=O)[C@@]3(C)[C@@H](O)[C@H]12.C=C1C(=O)O[C@@H]2[C@@H]3C(=O)CC[C@H]3[C@@H](C)C[C@H](OC(C)=O)[C@@H]12.C=C1C(=O)O[C@@H]2[C@@H]3C4(C=C[C@@]3(C)[C@@]3(C4)C(=O)O[C@H]4C3[C@@H](OC(C)=O)CC(C)C3C(=O)C=C(C)[C@@H]34)[C@](C)(O)CC[C@@H]12.C=C1C(=O)O[C@@H]2[C@H]1[C@@H](OC(C)=O)C[C@H](C)[C@@H]1C=CC(=O)[C@@]21C.C=C1CC[C@H]2C(=C)C(=O)O[C@@H]2C2C(=C)CCC12. The van der Waals surface area contributed by atoms with Gasteiger partial charge in [0.1, 0.15) is 72.9 Å². The summed E-state index contributed by atoms with van der Waals surface area (Å²) in [5.41, 5.74) is 1.26. The lowest BCUT2D eigenvalue weighted by molar-refractivity contribution is -0.162. The van der Waals surface area contributed by atoms with Crippen LogP contribution in [-0.2, 0) is 124 Å². The maximum atomic E-state index is 14.5. The molecule has 15 aliphatic carbocycles. The number of carbonyl (C=O) groups is 15. The summed E-state index contributed by atoms with van der Waals surface area (Å²) in [5.74, 6) is -7.57. The monoisotopic (exact) mass is 1980 g/mol. The minimum absolute atomic E-state index is 0.00731. The summed E-state index contributed by atoms with van der Waals surface area (Å²) in [5, 5.41) is 42.1. The number of ether oxygens (including phenoxy) is 11. The molecular weight excluding hydrogens is 1850 g/mol. The molecule has 0 aromatic rings. The maximum Gasteiger partial charge on any atom is 0.336 e. The molecule has 4 N–H and O–H groups in total. The largest absolute Gasteiger partial charge is 0.462 e. The highest BCUT2D eigenvalue weighted by molar-refractivity contribution is 6.02. The molecule has 0 radical (unpaired) electrons. The minimum Gasteiger partial charge on any atom is -0.462 e. The van der Waals surface area contributed by atoms with Gasteiger partial charge in [-0.15, -0.1) is 0 Å². The van der Waals surface area contributed by atoms with Gasteiger partial charge in [-0.1, -0.05) is 154 Å². The second kappa shape index (κ2) is 37.6. The van der Waals surface area contributed by atoms with Crippen molar-refractivity contribution in [2.75, 3.05) is 6.61 Å². The molecule has 144 heavy (non-hydrogen) atoms. The average molecular weight is 1990 g/mol. The number of Topliss-reactive ketones (excluding diaryl/α,β-unsaturated/α-hetero) is 1. The van der Waals surface area contributed by atoms with Gasteiger partial charge in [0.05, 0.1) is 81.7 Å². The van der Waals surface area contributed by atoms with E-state index in [0.29, 0.717) is 97.1 Å². The Morgan fingerprint density at radius 3 is 1.60 bits per heavy atom. The van der Waals surface area contributed by atoms with Crippen molar-refractivity contribution in [2.24, 2.45) is 157 Å². The van der Waals surface area contributed by atoms with Crippen molar-refractivity contribution in [3.05, 3.63) is 182 Å². The van der Waals surface area contributed by atoms with Crippen LogP contribution >= 0.6 is 0 Å². The Morgan fingerprint density at radius 1 is 0.465 bits per heavy atom. The fourth-order valence-electron chi connectivity index (χ4n) is 31.4. The molecule has 2 bridgehead atoms. The van der Waals surface area contributed by atoms with Crippen molar-refractivity contribution < 1.29 is 144 Å². The fraction of sp³-hybridized carbons (Fsp3) is 0.605. The highest BCUT2D eigenvalue weighted by Crippen LogP contribution is 2.81. The number of ketones is 4.